The number of halogens is 1. The number of ether oxygens (including phenoxy) is 4. The van der Waals surface area contributed by atoms with Gasteiger partial charge in [0.25, 0.3) is 0 Å². The fourth-order valence-electron chi connectivity index (χ4n) is 3.30. The van der Waals surface area contributed by atoms with E-state index in [1.165, 1.54) is 21.3 Å². The normalized spacial score (nSPS) is 16.4. The predicted molar refractivity (Wildman–Crippen MR) is 98.9 cm³/mol. The fraction of sp³-hybridized carbons (Fsp3) is 0.389. The van der Waals surface area contributed by atoms with Crippen molar-refractivity contribution in [2.75, 3.05) is 33.3 Å². The Morgan fingerprint density at radius 3 is 2.64 bits per heavy atom. The maximum Gasteiger partial charge on any atom is 0.312 e. The molecule has 1 saturated heterocycles. The maximum absolute atomic E-state index is 14.2. The van der Waals surface area contributed by atoms with E-state index in [2.05, 4.69) is 20.3 Å². The van der Waals surface area contributed by atoms with E-state index >= 15 is 0 Å². The molecule has 148 valence electrons. The van der Waals surface area contributed by atoms with Gasteiger partial charge in [0.15, 0.2) is 28.5 Å². The van der Waals surface area contributed by atoms with Crippen molar-refractivity contribution in [1.82, 2.24) is 19.5 Å². The van der Waals surface area contributed by atoms with Gasteiger partial charge in [0.2, 0.25) is 5.75 Å². The summed E-state index contributed by atoms with van der Waals surface area (Å²) in [7, 11) is 4.55. The van der Waals surface area contributed by atoms with Crippen LogP contribution < -0.4 is 19.5 Å². The van der Waals surface area contributed by atoms with Crippen LogP contribution in [0, 0.1) is 6.08 Å². The lowest BCUT2D eigenvalue weighted by atomic mass is 10.2. The first-order chi connectivity index (χ1) is 13.7. The summed E-state index contributed by atoms with van der Waals surface area (Å²) in [5.41, 5.74) is 1.31. The quantitative estimate of drug-likeness (QED) is 0.643. The van der Waals surface area contributed by atoms with Gasteiger partial charge < -0.3 is 24.3 Å². The molecular weight excluding hydrogens is 369 g/mol. The fourth-order valence-corrected chi connectivity index (χ4v) is 3.30. The summed E-state index contributed by atoms with van der Waals surface area (Å²) in [5, 5.41) is 3.07. The van der Waals surface area contributed by atoms with Crippen LogP contribution in [0.1, 0.15) is 19.1 Å². The van der Waals surface area contributed by atoms with Gasteiger partial charge in [-0.1, -0.05) is 0 Å². The van der Waals surface area contributed by atoms with Crippen molar-refractivity contribution in [1.29, 1.82) is 0 Å². The van der Waals surface area contributed by atoms with Gasteiger partial charge in [0.1, 0.15) is 6.23 Å². The second kappa shape index (κ2) is 7.47. The Balaban J connectivity index is 1.78. The molecule has 0 radical (unpaired) electrons. The van der Waals surface area contributed by atoms with Crippen molar-refractivity contribution >= 4 is 22.7 Å². The molecule has 1 N–H and O–H groups in total. The summed E-state index contributed by atoms with van der Waals surface area (Å²) in [5.74, 6) is 1.52. The Bertz CT molecular complexity index is 1000. The summed E-state index contributed by atoms with van der Waals surface area (Å²) < 4.78 is 37.7. The SMILES string of the molecule is COc1ccc(Nc2nc(F)nc3c2ncn3C2CCCO2)c(OC)c1OC. The number of anilines is 2. The van der Waals surface area contributed by atoms with Gasteiger partial charge in [-0.25, -0.2) is 4.98 Å². The van der Waals surface area contributed by atoms with E-state index < -0.39 is 6.08 Å². The minimum Gasteiger partial charge on any atom is -0.493 e. The van der Waals surface area contributed by atoms with E-state index in [1.54, 1.807) is 23.0 Å². The Morgan fingerprint density at radius 2 is 1.96 bits per heavy atom. The zero-order valence-corrected chi connectivity index (χ0v) is 15.7. The van der Waals surface area contributed by atoms with Gasteiger partial charge in [-0.15, -0.1) is 0 Å². The van der Waals surface area contributed by atoms with Crippen molar-refractivity contribution in [2.24, 2.45) is 0 Å². The number of methoxy groups -OCH3 is 3. The molecule has 4 rings (SSSR count). The molecule has 3 heterocycles. The Kier molecular flexibility index (Phi) is 4.86. The summed E-state index contributed by atoms with van der Waals surface area (Å²) >= 11 is 0. The summed E-state index contributed by atoms with van der Waals surface area (Å²) in [6.07, 6.45) is 2.28. The predicted octanol–water partition coefficient (Wildman–Crippen LogP) is 3.04. The number of hydrogen-bond acceptors (Lipinski definition) is 8. The molecule has 10 heteroatoms. The standard InChI is InChI=1S/C18H20FN5O4/c1-25-11-7-6-10(14(26-2)15(11)27-3)21-16-13-17(23-18(19)22-16)24(9-20-13)12-5-4-8-28-12/h6-7,9,12H,4-5,8H2,1-3H3,(H,21,22,23). The summed E-state index contributed by atoms with van der Waals surface area (Å²) in [6.45, 7) is 0.659. The molecule has 1 aliphatic heterocycles. The zero-order chi connectivity index (χ0) is 19.7. The highest BCUT2D eigenvalue weighted by Gasteiger charge is 2.23. The van der Waals surface area contributed by atoms with E-state index in [1.807, 2.05) is 0 Å². The molecule has 0 saturated carbocycles. The number of rotatable bonds is 6. The molecule has 1 aromatic carbocycles. The van der Waals surface area contributed by atoms with Crippen molar-refractivity contribution in [3.8, 4) is 17.2 Å². The number of benzene rings is 1. The Morgan fingerprint density at radius 1 is 1.14 bits per heavy atom. The van der Waals surface area contributed by atoms with Crippen LogP contribution in [0.3, 0.4) is 0 Å². The minimum atomic E-state index is -0.866. The minimum absolute atomic E-state index is 0.206. The molecule has 9 nitrogen and oxygen atoms in total. The van der Waals surface area contributed by atoms with Crippen molar-refractivity contribution in [2.45, 2.75) is 19.1 Å². The lowest BCUT2D eigenvalue weighted by Crippen LogP contribution is -2.08. The molecule has 1 atom stereocenters. The lowest BCUT2D eigenvalue weighted by molar-refractivity contribution is 0.0592. The van der Waals surface area contributed by atoms with Crippen LogP contribution in [0.25, 0.3) is 11.2 Å². The van der Waals surface area contributed by atoms with Gasteiger partial charge in [-0.3, -0.25) is 4.57 Å². The van der Waals surface area contributed by atoms with Gasteiger partial charge in [0.05, 0.1) is 33.3 Å². The van der Waals surface area contributed by atoms with Crippen molar-refractivity contribution < 1.29 is 23.3 Å². The van der Waals surface area contributed by atoms with Crippen LogP contribution in [0.15, 0.2) is 18.5 Å². The van der Waals surface area contributed by atoms with Crippen molar-refractivity contribution in [3.63, 3.8) is 0 Å². The molecule has 1 fully saturated rings. The van der Waals surface area contributed by atoms with E-state index in [-0.39, 0.29) is 12.0 Å². The first-order valence-electron chi connectivity index (χ1n) is 8.74. The summed E-state index contributed by atoms with van der Waals surface area (Å²) in [6, 6.07) is 3.44. The Labute approximate surface area is 160 Å². The zero-order valence-electron chi connectivity index (χ0n) is 15.7. The van der Waals surface area contributed by atoms with Gasteiger partial charge in [0, 0.05) is 6.61 Å². The number of fused-ring (bicyclic) bond motifs is 1. The molecule has 1 unspecified atom stereocenters. The second-order valence-electron chi connectivity index (χ2n) is 6.14. The van der Waals surface area contributed by atoms with E-state index in [4.69, 9.17) is 18.9 Å². The van der Waals surface area contributed by atoms with Gasteiger partial charge in [-0.2, -0.15) is 14.4 Å². The second-order valence-corrected chi connectivity index (χ2v) is 6.14. The third-order valence-corrected chi connectivity index (χ3v) is 4.57. The van der Waals surface area contributed by atoms with Crippen LogP contribution in [-0.2, 0) is 4.74 Å². The third kappa shape index (κ3) is 3.05. The number of imidazole rings is 1. The average molecular weight is 389 g/mol. The van der Waals surface area contributed by atoms with Gasteiger partial charge in [-0.05, 0) is 25.0 Å². The highest BCUT2D eigenvalue weighted by Crippen LogP contribution is 2.43. The van der Waals surface area contributed by atoms with Crippen LogP contribution >= 0.6 is 0 Å². The smallest absolute Gasteiger partial charge is 0.312 e. The Hall–Kier alpha value is -3.14. The number of nitrogens with one attached hydrogen (secondary N) is 1. The van der Waals surface area contributed by atoms with Gasteiger partial charge >= 0.3 is 6.08 Å². The lowest BCUT2D eigenvalue weighted by Gasteiger charge is -2.16. The third-order valence-electron chi connectivity index (χ3n) is 4.57. The molecule has 28 heavy (non-hydrogen) atoms. The molecule has 1 aliphatic rings. The highest BCUT2D eigenvalue weighted by atomic mass is 19.1. The maximum atomic E-state index is 14.2. The molecule has 2 aromatic heterocycles. The molecule has 0 bridgehead atoms. The first-order valence-corrected chi connectivity index (χ1v) is 8.74. The number of nitrogens with zero attached hydrogens (tertiary/aromatic N) is 4. The number of hydrogen-bond donors (Lipinski definition) is 1. The van der Waals surface area contributed by atoms with Crippen LogP contribution in [0.5, 0.6) is 17.2 Å². The average Bonchev–Trinajstić information content (AvgIpc) is 3.36. The van der Waals surface area contributed by atoms with E-state index in [9.17, 15) is 4.39 Å². The van der Waals surface area contributed by atoms with Crippen LogP contribution in [0.2, 0.25) is 0 Å². The molecule has 3 aromatic rings. The number of aromatic nitrogens is 4. The van der Waals surface area contributed by atoms with E-state index in [0.29, 0.717) is 40.7 Å². The van der Waals surface area contributed by atoms with Crippen LogP contribution in [-0.4, -0.2) is 47.5 Å². The molecule has 0 amide bonds. The molecular formula is C18H20FN5O4. The molecule has 0 spiro atoms. The summed E-state index contributed by atoms with van der Waals surface area (Å²) in [4.78, 5) is 12.2. The topological polar surface area (TPSA) is 92.6 Å². The van der Waals surface area contributed by atoms with Crippen LogP contribution in [0.4, 0.5) is 15.9 Å². The van der Waals surface area contributed by atoms with E-state index in [0.717, 1.165) is 12.8 Å². The molecule has 0 aliphatic carbocycles. The largest absolute Gasteiger partial charge is 0.493 e. The monoisotopic (exact) mass is 389 g/mol. The highest BCUT2D eigenvalue weighted by molar-refractivity contribution is 5.86. The first kappa shape index (κ1) is 18.2. The van der Waals surface area contributed by atoms with Crippen molar-refractivity contribution in [3.05, 3.63) is 24.5 Å².